The zero-order valence-electron chi connectivity index (χ0n) is 13.3. The number of rotatable bonds is 5. The highest BCUT2D eigenvalue weighted by atomic mass is 32.2. The minimum atomic E-state index is -3.77. The fraction of sp³-hybridized carbons (Fsp3) is 0.118. The van der Waals surface area contributed by atoms with Crippen molar-refractivity contribution in [3.05, 3.63) is 66.0 Å². The Morgan fingerprint density at radius 1 is 1.00 bits per heavy atom. The summed E-state index contributed by atoms with van der Waals surface area (Å²) in [4.78, 5) is 0.150. The predicted molar refractivity (Wildman–Crippen MR) is 91.8 cm³/mol. The summed E-state index contributed by atoms with van der Waals surface area (Å²) in [5, 5.41) is 6.62. The number of aromatic amines is 1. The first kappa shape index (κ1) is 16.1. The molecular formula is C17H17N3O3S. The van der Waals surface area contributed by atoms with Crippen molar-refractivity contribution in [3.63, 3.8) is 0 Å². The van der Waals surface area contributed by atoms with Gasteiger partial charge in [0.1, 0.15) is 10.6 Å². The summed E-state index contributed by atoms with van der Waals surface area (Å²) in [7, 11) is -3.77. The molecule has 0 spiro atoms. The van der Waals surface area contributed by atoms with Crippen LogP contribution in [0.5, 0.6) is 11.5 Å². The molecule has 0 amide bonds. The number of benzene rings is 2. The summed E-state index contributed by atoms with van der Waals surface area (Å²) < 4.78 is 33.7. The standard InChI is InChI=1S/C17H17N3O3S/c1-12-17(13(2)19-18-12)24(21,22)20-15-10-6-7-11-16(15)23-14-8-4-3-5-9-14/h3-11,20H,1-2H3,(H,18,19). The van der Waals surface area contributed by atoms with Crippen LogP contribution in [-0.4, -0.2) is 18.6 Å². The topological polar surface area (TPSA) is 84.1 Å². The first-order valence-electron chi connectivity index (χ1n) is 7.34. The number of aryl methyl sites for hydroxylation is 2. The Hall–Kier alpha value is -2.80. The Morgan fingerprint density at radius 2 is 1.67 bits per heavy atom. The fourth-order valence-corrected chi connectivity index (χ4v) is 3.83. The molecule has 6 nitrogen and oxygen atoms in total. The quantitative estimate of drug-likeness (QED) is 0.741. The molecule has 0 unspecified atom stereocenters. The highest BCUT2D eigenvalue weighted by Crippen LogP contribution is 2.31. The number of para-hydroxylation sites is 3. The van der Waals surface area contributed by atoms with Gasteiger partial charge in [-0.3, -0.25) is 9.82 Å². The van der Waals surface area contributed by atoms with Crippen LogP contribution in [0.2, 0.25) is 0 Å². The van der Waals surface area contributed by atoms with Crippen molar-refractivity contribution in [2.75, 3.05) is 4.72 Å². The van der Waals surface area contributed by atoms with Gasteiger partial charge in [-0.15, -0.1) is 0 Å². The molecule has 24 heavy (non-hydrogen) atoms. The Labute approximate surface area is 140 Å². The van der Waals surface area contributed by atoms with E-state index >= 15 is 0 Å². The van der Waals surface area contributed by atoms with Crippen LogP contribution < -0.4 is 9.46 Å². The van der Waals surface area contributed by atoms with Crippen LogP contribution in [0.15, 0.2) is 59.5 Å². The lowest BCUT2D eigenvalue weighted by molar-refractivity contribution is 0.485. The molecule has 1 aromatic heterocycles. The number of H-pyrrole nitrogens is 1. The van der Waals surface area contributed by atoms with Gasteiger partial charge in [-0.1, -0.05) is 30.3 Å². The molecule has 0 saturated carbocycles. The molecule has 0 saturated heterocycles. The van der Waals surface area contributed by atoms with E-state index in [4.69, 9.17) is 4.74 Å². The van der Waals surface area contributed by atoms with Crippen LogP contribution in [0.3, 0.4) is 0 Å². The summed E-state index contributed by atoms with van der Waals surface area (Å²) >= 11 is 0. The second kappa shape index (κ2) is 6.37. The van der Waals surface area contributed by atoms with Gasteiger partial charge in [0.2, 0.25) is 0 Å². The molecule has 3 rings (SSSR count). The Kier molecular flexibility index (Phi) is 4.26. The van der Waals surface area contributed by atoms with Crippen LogP contribution in [0.4, 0.5) is 5.69 Å². The maximum Gasteiger partial charge on any atom is 0.265 e. The van der Waals surface area contributed by atoms with Crippen molar-refractivity contribution in [2.45, 2.75) is 18.7 Å². The molecule has 124 valence electrons. The highest BCUT2D eigenvalue weighted by Gasteiger charge is 2.23. The maximum atomic E-state index is 12.7. The van der Waals surface area contributed by atoms with E-state index < -0.39 is 10.0 Å². The second-order valence-corrected chi connectivity index (χ2v) is 6.90. The number of hydrogen-bond acceptors (Lipinski definition) is 4. The van der Waals surface area contributed by atoms with Gasteiger partial charge in [0, 0.05) is 0 Å². The molecule has 0 aliphatic heterocycles. The zero-order valence-corrected chi connectivity index (χ0v) is 14.1. The van der Waals surface area contributed by atoms with Gasteiger partial charge < -0.3 is 4.74 Å². The van der Waals surface area contributed by atoms with Crippen LogP contribution in [0.25, 0.3) is 0 Å². The van der Waals surface area contributed by atoms with Gasteiger partial charge in [0.25, 0.3) is 10.0 Å². The van der Waals surface area contributed by atoms with Crippen molar-refractivity contribution in [1.29, 1.82) is 0 Å². The first-order valence-corrected chi connectivity index (χ1v) is 8.82. The van der Waals surface area contributed by atoms with E-state index in [1.54, 1.807) is 50.2 Å². The van der Waals surface area contributed by atoms with E-state index in [1.807, 2.05) is 18.2 Å². The summed E-state index contributed by atoms with van der Waals surface area (Å²) in [6, 6.07) is 16.1. The van der Waals surface area contributed by atoms with E-state index in [-0.39, 0.29) is 4.90 Å². The zero-order chi connectivity index (χ0) is 17.2. The molecule has 0 fully saturated rings. The van der Waals surface area contributed by atoms with Crippen molar-refractivity contribution in [2.24, 2.45) is 0 Å². The third-order valence-corrected chi connectivity index (χ3v) is 5.06. The monoisotopic (exact) mass is 343 g/mol. The van der Waals surface area contributed by atoms with Crippen molar-refractivity contribution >= 4 is 15.7 Å². The lowest BCUT2D eigenvalue weighted by Gasteiger charge is -2.13. The van der Waals surface area contributed by atoms with Crippen molar-refractivity contribution in [3.8, 4) is 11.5 Å². The third-order valence-electron chi connectivity index (χ3n) is 3.43. The number of hydrogen-bond donors (Lipinski definition) is 2. The van der Waals surface area contributed by atoms with Crippen LogP contribution in [0.1, 0.15) is 11.4 Å². The molecular weight excluding hydrogens is 326 g/mol. The van der Waals surface area contributed by atoms with E-state index in [0.29, 0.717) is 28.6 Å². The lowest BCUT2D eigenvalue weighted by Crippen LogP contribution is -2.15. The Bertz CT molecular complexity index is 931. The number of nitrogens with one attached hydrogen (secondary N) is 2. The SMILES string of the molecule is Cc1n[nH]c(C)c1S(=O)(=O)Nc1ccccc1Oc1ccccc1. The molecule has 0 bridgehead atoms. The second-order valence-electron chi connectivity index (χ2n) is 5.28. The van der Waals surface area contributed by atoms with Crippen molar-refractivity contribution < 1.29 is 13.2 Å². The molecule has 2 aromatic carbocycles. The van der Waals surface area contributed by atoms with Gasteiger partial charge in [-0.05, 0) is 38.1 Å². The first-order chi connectivity index (χ1) is 11.5. The molecule has 3 aromatic rings. The van der Waals surface area contributed by atoms with Gasteiger partial charge in [0.15, 0.2) is 5.75 Å². The normalized spacial score (nSPS) is 11.2. The average Bonchev–Trinajstić information content (AvgIpc) is 2.90. The molecule has 0 radical (unpaired) electrons. The molecule has 0 atom stereocenters. The summed E-state index contributed by atoms with van der Waals surface area (Å²) in [6.07, 6.45) is 0. The molecule has 0 aliphatic rings. The molecule has 0 aliphatic carbocycles. The number of aromatic nitrogens is 2. The average molecular weight is 343 g/mol. The number of nitrogens with zero attached hydrogens (tertiary/aromatic N) is 1. The summed E-state index contributed by atoms with van der Waals surface area (Å²) in [5.74, 6) is 1.05. The van der Waals surface area contributed by atoms with Crippen LogP contribution in [0, 0.1) is 13.8 Å². The summed E-state index contributed by atoms with van der Waals surface area (Å²) in [5.41, 5.74) is 1.27. The molecule has 1 heterocycles. The summed E-state index contributed by atoms with van der Waals surface area (Å²) in [6.45, 7) is 3.31. The lowest BCUT2D eigenvalue weighted by atomic mass is 10.3. The van der Waals surface area contributed by atoms with Crippen LogP contribution in [-0.2, 0) is 10.0 Å². The highest BCUT2D eigenvalue weighted by molar-refractivity contribution is 7.92. The maximum absolute atomic E-state index is 12.7. The van der Waals surface area contributed by atoms with Gasteiger partial charge in [-0.25, -0.2) is 8.42 Å². The smallest absolute Gasteiger partial charge is 0.265 e. The number of anilines is 1. The largest absolute Gasteiger partial charge is 0.455 e. The van der Waals surface area contributed by atoms with Gasteiger partial charge >= 0.3 is 0 Å². The number of sulfonamides is 1. The Morgan fingerprint density at radius 3 is 2.33 bits per heavy atom. The molecule has 2 N–H and O–H groups in total. The van der Waals surface area contributed by atoms with E-state index in [2.05, 4.69) is 14.9 Å². The minimum absolute atomic E-state index is 0.150. The van der Waals surface area contributed by atoms with E-state index in [1.165, 1.54) is 0 Å². The number of ether oxygens (including phenoxy) is 1. The van der Waals surface area contributed by atoms with Crippen LogP contribution >= 0.6 is 0 Å². The van der Waals surface area contributed by atoms with Gasteiger partial charge in [-0.2, -0.15) is 5.10 Å². The Balaban J connectivity index is 1.94. The van der Waals surface area contributed by atoms with E-state index in [9.17, 15) is 8.42 Å². The fourth-order valence-electron chi connectivity index (χ4n) is 2.39. The van der Waals surface area contributed by atoms with Crippen molar-refractivity contribution in [1.82, 2.24) is 10.2 Å². The minimum Gasteiger partial charge on any atom is -0.455 e. The third kappa shape index (κ3) is 3.26. The predicted octanol–water partition coefficient (Wildman–Crippen LogP) is 3.62. The molecule has 7 heteroatoms. The van der Waals surface area contributed by atoms with E-state index in [0.717, 1.165) is 0 Å². The van der Waals surface area contributed by atoms with Gasteiger partial charge in [0.05, 0.1) is 17.1 Å².